The Bertz CT molecular complexity index is 812. The van der Waals surface area contributed by atoms with Gasteiger partial charge in [-0.2, -0.15) is 0 Å². The standard InChI is InChI=1S/C42H81NO8/c1-3-5-7-9-11-13-15-17-18-20-22-24-26-28-30-32-38(46)43-35(34-50-42-41(49)40(48)39(47)37(33-44)51-42)36(45)31-29-27-25-23-21-19-16-14-12-10-8-6-4-2/h29,31,35-37,39-42,44-45,47-49H,3-28,30,32-34H2,1-2H3,(H,43,46)/b31-29-/t35-,36+,37-,39+,40+,41-,42-/m1/s1. The van der Waals surface area contributed by atoms with E-state index in [1.807, 2.05) is 6.08 Å². The van der Waals surface area contributed by atoms with Gasteiger partial charge < -0.3 is 40.3 Å². The fourth-order valence-electron chi connectivity index (χ4n) is 6.86. The van der Waals surface area contributed by atoms with E-state index in [4.69, 9.17) is 9.47 Å². The molecule has 0 aliphatic carbocycles. The number of rotatable bonds is 35. The highest BCUT2D eigenvalue weighted by Crippen LogP contribution is 2.22. The van der Waals surface area contributed by atoms with Crippen LogP contribution in [0.5, 0.6) is 0 Å². The first-order valence-corrected chi connectivity index (χ1v) is 21.4. The van der Waals surface area contributed by atoms with Crippen LogP contribution in [0.2, 0.25) is 0 Å². The molecule has 1 rings (SSSR count). The second-order valence-electron chi connectivity index (χ2n) is 15.1. The summed E-state index contributed by atoms with van der Waals surface area (Å²) in [6.45, 7) is 3.76. The van der Waals surface area contributed by atoms with Crippen molar-refractivity contribution in [1.29, 1.82) is 0 Å². The van der Waals surface area contributed by atoms with Gasteiger partial charge in [-0.25, -0.2) is 0 Å². The highest BCUT2D eigenvalue weighted by Gasteiger charge is 2.44. The molecule has 1 amide bonds. The molecule has 0 spiro atoms. The largest absolute Gasteiger partial charge is 0.394 e. The van der Waals surface area contributed by atoms with Crippen molar-refractivity contribution in [2.24, 2.45) is 0 Å². The first-order valence-electron chi connectivity index (χ1n) is 21.4. The summed E-state index contributed by atoms with van der Waals surface area (Å²) in [5.74, 6) is -0.176. The molecule has 0 aromatic carbocycles. The molecule has 1 aliphatic rings. The SMILES string of the molecule is CCCCCCCCCCCCC/C=C\[C@H](O)[C@@H](CO[C@@H]1O[C@H](CO)[C@H](O)[C@H](O)[C@H]1O)NC(=O)CCCCCCCCCCCCCCCCC. The molecule has 302 valence electrons. The zero-order valence-corrected chi connectivity index (χ0v) is 32.9. The lowest BCUT2D eigenvalue weighted by Gasteiger charge is -2.40. The molecule has 9 nitrogen and oxygen atoms in total. The van der Waals surface area contributed by atoms with E-state index in [1.54, 1.807) is 6.08 Å². The molecule has 0 saturated carbocycles. The lowest BCUT2D eigenvalue weighted by atomic mass is 9.99. The van der Waals surface area contributed by atoms with Gasteiger partial charge in [-0.15, -0.1) is 0 Å². The van der Waals surface area contributed by atoms with Crippen LogP contribution in [0.1, 0.15) is 194 Å². The third-order valence-electron chi connectivity index (χ3n) is 10.4. The number of ether oxygens (including phenoxy) is 2. The van der Waals surface area contributed by atoms with Gasteiger partial charge in [-0.1, -0.05) is 180 Å². The summed E-state index contributed by atoms with van der Waals surface area (Å²) in [7, 11) is 0. The third kappa shape index (κ3) is 24.8. The van der Waals surface area contributed by atoms with Crippen LogP contribution in [0.3, 0.4) is 0 Å². The first kappa shape index (κ1) is 48.0. The van der Waals surface area contributed by atoms with Crippen LogP contribution in [0.4, 0.5) is 0 Å². The molecule has 1 aliphatic heterocycles. The number of carbonyl (C=O) groups is 1. The number of hydrogen-bond acceptors (Lipinski definition) is 8. The molecular formula is C42H81NO8. The van der Waals surface area contributed by atoms with E-state index in [-0.39, 0.29) is 12.5 Å². The van der Waals surface area contributed by atoms with Crippen LogP contribution >= 0.6 is 0 Å². The Morgan fingerprint density at radius 2 is 1.08 bits per heavy atom. The maximum Gasteiger partial charge on any atom is 0.220 e. The van der Waals surface area contributed by atoms with Crippen molar-refractivity contribution in [1.82, 2.24) is 5.32 Å². The van der Waals surface area contributed by atoms with Crippen molar-refractivity contribution in [3.63, 3.8) is 0 Å². The molecule has 51 heavy (non-hydrogen) atoms. The number of aliphatic hydroxyl groups is 5. The summed E-state index contributed by atoms with van der Waals surface area (Å²) >= 11 is 0. The highest BCUT2D eigenvalue weighted by molar-refractivity contribution is 5.76. The van der Waals surface area contributed by atoms with E-state index in [0.29, 0.717) is 6.42 Å². The number of amides is 1. The Morgan fingerprint density at radius 3 is 1.53 bits per heavy atom. The molecule has 1 heterocycles. The Balaban J connectivity index is 2.39. The van der Waals surface area contributed by atoms with E-state index < -0.39 is 49.5 Å². The van der Waals surface area contributed by atoms with E-state index in [9.17, 15) is 30.3 Å². The number of unbranched alkanes of at least 4 members (excludes halogenated alkanes) is 25. The summed E-state index contributed by atoms with van der Waals surface area (Å²) < 4.78 is 11.2. The normalized spacial score (nSPS) is 22.1. The van der Waals surface area contributed by atoms with Gasteiger partial charge in [0.25, 0.3) is 0 Å². The molecule has 0 radical (unpaired) electrons. The summed E-state index contributed by atoms with van der Waals surface area (Å²) in [6.07, 6.45) is 29.6. The fraction of sp³-hybridized carbons (Fsp3) is 0.929. The van der Waals surface area contributed by atoms with E-state index in [0.717, 1.165) is 38.5 Å². The number of carbonyl (C=O) groups excluding carboxylic acids is 1. The Morgan fingerprint density at radius 1 is 0.647 bits per heavy atom. The van der Waals surface area contributed by atoms with Crippen molar-refractivity contribution >= 4 is 5.91 Å². The monoisotopic (exact) mass is 728 g/mol. The van der Waals surface area contributed by atoms with Crippen molar-refractivity contribution in [3.05, 3.63) is 12.2 Å². The zero-order valence-electron chi connectivity index (χ0n) is 32.9. The molecule has 1 fully saturated rings. The summed E-state index contributed by atoms with van der Waals surface area (Å²) in [4.78, 5) is 12.9. The van der Waals surface area contributed by atoms with E-state index in [2.05, 4.69) is 19.2 Å². The molecule has 0 unspecified atom stereocenters. The van der Waals surface area contributed by atoms with Crippen molar-refractivity contribution in [3.8, 4) is 0 Å². The van der Waals surface area contributed by atoms with E-state index in [1.165, 1.54) is 135 Å². The Kier molecular flexibility index (Phi) is 31.5. The lowest BCUT2D eigenvalue weighted by Crippen LogP contribution is -2.60. The molecule has 6 N–H and O–H groups in total. The van der Waals surface area contributed by atoms with Crippen LogP contribution in [0.15, 0.2) is 12.2 Å². The third-order valence-corrected chi connectivity index (χ3v) is 10.4. The minimum absolute atomic E-state index is 0.176. The smallest absolute Gasteiger partial charge is 0.220 e. The van der Waals surface area contributed by atoms with Gasteiger partial charge in [-0.3, -0.25) is 4.79 Å². The second-order valence-corrected chi connectivity index (χ2v) is 15.1. The predicted molar refractivity (Wildman–Crippen MR) is 207 cm³/mol. The highest BCUT2D eigenvalue weighted by atomic mass is 16.7. The average Bonchev–Trinajstić information content (AvgIpc) is 3.13. The Labute approximate surface area is 312 Å². The molecule has 1 saturated heterocycles. The number of nitrogens with one attached hydrogen (secondary N) is 1. The van der Waals surface area contributed by atoms with Crippen LogP contribution in [-0.4, -0.2) is 87.5 Å². The maximum atomic E-state index is 12.9. The molecule has 0 aromatic rings. The fourth-order valence-corrected chi connectivity index (χ4v) is 6.86. The van der Waals surface area contributed by atoms with Crippen molar-refractivity contribution in [2.45, 2.75) is 236 Å². The van der Waals surface area contributed by atoms with Gasteiger partial charge in [0, 0.05) is 6.42 Å². The number of hydrogen-bond donors (Lipinski definition) is 6. The minimum atomic E-state index is -1.56. The second kappa shape index (κ2) is 33.5. The molecule has 0 aromatic heterocycles. The van der Waals surface area contributed by atoms with Crippen LogP contribution in [0, 0.1) is 0 Å². The zero-order chi connectivity index (χ0) is 37.4. The Hall–Kier alpha value is -1.07. The van der Waals surface area contributed by atoms with Gasteiger partial charge in [0.1, 0.15) is 24.4 Å². The van der Waals surface area contributed by atoms with E-state index >= 15 is 0 Å². The van der Waals surface area contributed by atoms with Crippen molar-refractivity contribution in [2.75, 3.05) is 13.2 Å². The molecule has 0 bridgehead atoms. The van der Waals surface area contributed by atoms with Gasteiger partial charge >= 0.3 is 0 Å². The number of allylic oxidation sites excluding steroid dienone is 1. The average molecular weight is 728 g/mol. The van der Waals surface area contributed by atoms with Gasteiger partial charge in [0.05, 0.1) is 25.4 Å². The van der Waals surface area contributed by atoms with Crippen LogP contribution in [-0.2, 0) is 14.3 Å². The minimum Gasteiger partial charge on any atom is -0.394 e. The topological polar surface area (TPSA) is 149 Å². The summed E-state index contributed by atoms with van der Waals surface area (Å²) in [5, 5.41) is 54.0. The molecule has 9 heteroatoms. The van der Waals surface area contributed by atoms with Gasteiger partial charge in [-0.05, 0) is 19.3 Å². The summed E-state index contributed by atoms with van der Waals surface area (Å²) in [5.41, 5.74) is 0. The lowest BCUT2D eigenvalue weighted by molar-refractivity contribution is -0.302. The van der Waals surface area contributed by atoms with Gasteiger partial charge in [0.15, 0.2) is 6.29 Å². The number of aliphatic hydroxyl groups excluding tert-OH is 5. The quantitative estimate of drug-likeness (QED) is 0.0283. The van der Waals surface area contributed by atoms with Crippen LogP contribution < -0.4 is 5.32 Å². The predicted octanol–water partition coefficient (Wildman–Crippen LogP) is 8.17. The maximum absolute atomic E-state index is 12.9. The van der Waals surface area contributed by atoms with Gasteiger partial charge in [0.2, 0.25) is 5.91 Å². The van der Waals surface area contributed by atoms with Crippen molar-refractivity contribution < 1.29 is 39.8 Å². The molecule has 7 atom stereocenters. The van der Waals surface area contributed by atoms with Crippen LogP contribution in [0.25, 0.3) is 0 Å². The summed E-state index contributed by atoms with van der Waals surface area (Å²) in [6, 6.07) is -0.796. The first-order chi connectivity index (χ1) is 24.8. The molecular weight excluding hydrogens is 646 g/mol.